The Bertz CT molecular complexity index is 600. The second-order valence-electron chi connectivity index (χ2n) is 4.96. The molecule has 1 aliphatic heterocycles. The van der Waals surface area contributed by atoms with Crippen LogP contribution in [-0.4, -0.2) is 46.8 Å². The van der Waals surface area contributed by atoms with Gasteiger partial charge < -0.3 is 10.2 Å². The lowest BCUT2D eigenvalue weighted by Crippen LogP contribution is -2.46. The second-order valence-corrected chi connectivity index (χ2v) is 4.96. The lowest BCUT2D eigenvalue weighted by Gasteiger charge is -2.27. The van der Waals surface area contributed by atoms with Crippen LogP contribution in [0.1, 0.15) is 16.2 Å². The number of nitrogens with one attached hydrogen (secondary N) is 1. The molecule has 1 saturated heterocycles. The van der Waals surface area contributed by atoms with Gasteiger partial charge in [0.15, 0.2) is 0 Å². The van der Waals surface area contributed by atoms with Crippen LogP contribution in [0.25, 0.3) is 5.69 Å². The molecule has 1 aromatic heterocycles. The fourth-order valence-electron chi connectivity index (χ4n) is 2.45. The van der Waals surface area contributed by atoms with Gasteiger partial charge in [-0.3, -0.25) is 4.79 Å². The van der Waals surface area contributed by atoms with E-state index >= 15 is 0 Å². The molecule has 0 saturated carbocycles. The van der Waals surface area contributed by atoms with Crippen molar-refractivity contribution in [3.63, 3.8) is 0 Å². The standard InChI is InChI=1S/C15H18N4O/c1-12-11-14(15(20)18-9-7-16-8-10-18)19(17-12)13-5-3-2-4-6-13/h2-6,11,16H,7-10H2,1H3. The van der Waals surface area contributed by atoms with Gasteiger partial charge in [0, 0.05) is 26.2 Å². The monoisotopic (exact) mass is 270 g/mol. The predicted octanol–water partition coefficient (Wildman–Crippen LogP) is 1.23. The zero-order valence-corrected chi connectivity index (χ0v) is 11.5. The van der Waals surface area contributed by atoms with Crippen molar-refractivity contribution in [1.82, 2.24) is 20.0 Å². The Morgan fingerprint density at radius 2 is 1.90 bits per heavy atom. The van der Waals surface area contributed by atoms with Crippen molar-refractivity contribution in [2.24, 2.45) is 0 Å². The Kier molecular flexibility index (Phi) is 3.52. The first-order valence-electron chi connectivity index (χ1n) is 6.88. The van der Waals surface area contributed by atoms with Gasteiger partial charge in [-0.25, -0.2) is 4.68 Å². The van der Waals surface area contributed by atoms with E-state index in [-0.39, 0.29) is 5.91 Å². The lowest BCUT2D eigenvalue weighted by atomic mass is 10.2. The van der Waals surface area contributed by atoms with E-state index in [0.29, 0.717) is 5.69 Å². The number of hydrogen-bond donors (Lipinski definition) is 1. The molecule has 0 unspecified atom stereocenters. The van der Waals surface area contributed by atoms with Crippen LogP contribution in [0.3, 0.4) is 0 Å². The Hall–Kier alpha value is -2.14. The molecule has 1 aliphatic rings. The largest absolute Gasteiger partial charge is 0.335 e. The van der Waals surface area contributed by atoms with Gasteiger partial charge in [0.25, 0.3) is 5.91 Å². The van der Waals surface area contributed by atoms with E-state index in [1.54, 1.807) is 4.68 Å². The van der Waals surface area contributed by atoms with Crippen LogP contribution in [-0.2, 0) is 0 Å². The van der Waals surface area contributed by atoms with Crippen LogP contribution in [0, 0.1) is 6.92 Å². The number of carbonyl (C=O) groups is 1. The molecule has 2 aromatic rings. The summed E-state index contributed by atoms with van der Waals surface area (Å²) < 4.78 is 1.74. The number of nitrogens with zero attached hydrogens (tertiary/aromatic N) is 3. The highest BCUT2D eigenvalue weighted by molar-refractivity contribution is 5.93. The minimum Gasteiger partial charge on any atom is -0.335 e. The van der Waals surface area contributed by atoms with Gasteiger partial charge in [0.05, 0.1) is 11.4 Å². The van der Waals surface area contributed by atoms with E-state index < -0.39 is 0 Å². The molecule has 0 radical (unpaired) electrons. The van der Waals surface area contributed by atoms with Gasteiger partial charge in [-0.2, -0.15) is 5.10 Å². The summed E-state index contributed by atoms with van der Waals surface area (Å²) in [4.78, 5) is 14.5. The van der Waals surface area contributed by atoms with Crippen molar-refractivity contribution >= 4 is 5.91 Å². The number of aryl methyl sites for hydroxylation is 1. The lowest BCUT2D eigenvalue weighted by molar-refractivity contribution is 0.0726. The van der Waals surface area contributed by atoms with E-state index in [4.69, 9.17) is 0 Å². The SMILES string of the molecule is Cc1cc(C(=O)N2CCNCC2)n(-c2ccccc2)n1. The van der Waals surface area contributed by atoms with E-state index in [1.807, 2.05) is 48.2 Å². The van der Waals surface area contributed by atoms with Gasteiger partial charge in [-0.15, -0.1) is 0 Å². The second kappa shape index (κ2) is 5.46. The Morgan fingerprint density at radius 3 is 2.60 bits per heavy atom. The first kappa shape index (κ1) is 12.9. The summed E-state index contributed by atoms with van der Waals surface area (Å²) in [6.45, 7) is 5.11. The fraction of sp³-hybridized carbons (Fsp3) is 0.333. The highest BCUT2D eigenvalue weighted by Gasteiger charge is 2.22. The smallest absolute Gasteiger partial charge is 0.272 e. The van der Waals surface area contributed by atoms with E-state index in [9.17, 15) is 4.79 Å². The summed E-state index contributed by atoms with van der Waals surface area (Å²) in [7, 11) is 0. The Labute approximate surface area is 118 Å². The average Bonchev–Trinajstić information content (AvgIpc) is 2.90. The summed E-state index contributed by atoms with van der Waals surface area (Å²) in [5.41, 5.74) is 2.40. The summed E-state index contributed by atoms with van der Waals surface area (Å²) in [6.07, 6.45) is 0. The number of piperazine rings is 1. The number of hydrogen-bond acceptors (Lipinski definition) is 3. The molecule has 1 amide bonds. The van der Waals surface area contributed by atoms with Crippen molar-refractivity contribution in [2.45, 2.75) is 6.92 Å². The number of amides is 1. The molecule has 5 nitrogen and oxygen atoms in total. The van der Waals surface area contributed by atoms with Crippen molar-refractivity contribution in [1.29, 1.82) is 0 Å². The molecular formula is C15H18N4O. The molecule has 3 rings (SSSR count). The molecule has 0 aliphatic carbocycles. The number of carbonyl (C=O) groups excluding carboxylic acids is 1. The zero-order valence-electron chi connectivity index (χ0n) is 11.5. The maximum absolute atomic E-state index is 12.6. The van der Waals surface area contributed by atoms with Gasteiger partial charge in [0.2, 0.25) is 0 Å². The maximum atomic E-state index is 12.6. The van der Waals surface area contributed by atoms with Crippen LogP contribution >= 0.6 is 0 Å². The Morgan fingerprint density at radius 1 is 1.20 bits per heavy atom. The van der Waals surface area contributed by atoms with E-state index in [1.165, 1.54) is 0 Å². The van der Waals surface area contributed by atoms with Gasteiger partial charge >= 0.3 is 0 Å². The summed E-state index contributed by atoms with van der Waals surface area (Å²) >= 11 is 0. The number of rotatable bonds is 2. The quantitative estimate of drug-likeness (QED) is 0.893. The third kappa shape index (κ3) is 2.44. The molecular weight excluding hydrogens is 252 g/mol. The molecule has 1 fully saturated rings. The van der Waals surface area contributed by atoms with Crippen LogP contribution in [0.15, 0.2) is 36.4 Å². The molecule has 0 bridgehead atoms. The third-order valence-corrected chi connectivity index (χ3v) is 3.46. The van der Waals surface area contributed by atoms with E-state index in [2.05, 4.69) is 10.4 Å². The first-order valence-corrected chi connectivity index (χ1v) is 6.88. The summed E-state index contributed by atoms with van der Waals surface area (Å²) in [6, 6.07) is 11.6. The molecule has 0 spiro atoms. The molecule has 0 atom stereocenters. The molecule has 5 heteroatoms. The average molecular weight is 270 g/mol. The minimum atomic E-state index is 0.0518. The van der Waals surface area contributed by atoms with Gasteiger partial charge in [0.1, 0.15) is 5.69 Å². The first-order chi connectivity index (χ1) is 9.75. The number of benzene rings is 1. The van der Waals surface area contributed by atoms with Crippen molar-refractivity contribution in [3.8, 4) is 5.69 Å². The molecule has 1 aromatic carbocycles. The fourth-order valence-corrected chi connectivity index (χ4v) is 2.45. The van der Waals surface area contributed by atoms with Crippen LogP contribution < -0.4 is 5.32 Å². The number of aromatic nitrogens is 2. The van der Waals surface area contributed by atoms with Crippen molar-refractivity contribution in [2.75, 3.05) is 26.2 Å². The Balaban J connectivity index is 1.95. The van der Waals surface area contributed by atoms with Crippen molar-refractivity contribution < 1.29 is 4.79 Å². The highest BCUT2D eigenvalue weighted by Crippen LogP contribution is 2.14. The molecule has 1 N–H and O–H groups in total. The topological polar surface area (TPSA) is 50.2 Å². The van der Waals surface area contributed by atoms with Gasteiger partial charge in [-0.1, -0.05) is 18.2 Å². The summed E-state index contributed by atoms with van der Waals surface area (Å²) in [5, 5.41) is 7.71. The molecule has 104 valence electrons. The predicted molar refractivity (Wildman–Crippen MR) is 77.1 cm³/mol. The van der Waals surface area contributed by atoms with Gasteiger partial charge in [-0.05, 0) is 25.1 Å². The third-order valence-electron chi connectivity index (χ3n) is 3.46. The normalized spacial score (nSPS) is 15.3. The summed E-state index contributed by atoms with van der Waals surface area (Å²) in [5.74, 6) is 0.0518. The highest BCUT2D eigenvalue weighted by atomic mass is 16.2. The number of para-hydroxylation sites is 1. The van der Waals surface area contributed by atoms with Crippen LogP contribution in [0.5, 0.6) is 0 Å². The van der Waals surface area contributed by atoms with Crippen LogP contribution in [0.4, 0.5) is 0 Å². The maximum Gasteiger partial charge on any atom is 0.272 e. The molecule has 2 heterocycles. The minimum absolute atomic E-state index is 0.0518. The molecule has 20 heavy (non-hydrogen) atoms. The van der Waals surface area contributed by atoms with E-state index in [0.717, 1.165) is 37.6 Å². The van der Waals surface area contributed by atoms with Crippen molar-refractivity contribution in [3.05, 3.63) is 47.8 Å². The zero-order chi connectivity index (χ0) is 13.9. The van der Waals surface area contributed by atoms with Crippen LogP contribution in [0.2, 0.25) is 0 Å².